The predicted molar refractivity (Wildman–Crippen MR) is 111 cm³/mol. The molecule has 0 amide bonds. The molecule has 1 aliphatic heterocycles. The summed E-state index contributed by atoms with van der Waals surface area (Å²) in [5.41, 5.74) is 0.784. The van der Waals surface area contributed by atoms with Crippen molar-refractivity contribution < 1.29 is 26.5 Å². The van der Waals surface area contributed by atoms with E-state index in [2.05, 4.69) is 10.1 Å². The maximum absolute atomic E-state index is 14.0. The quantitative estimate of drug-likeness (QED) is 0.531. The summed E-state index contributed by atoms with van der Waals surface area (Å²) < 4.78 is 65.2. The fraction of sp³-hybridized carbons (Fsp3) is 0.333. The van der Waals surface area contributed by atoms with Crippen molar-refractivity contribution in [2.24, 2.45) is 0 Å². The number of halogens is 2. The van der Waals surface area contributed by atoms with Gasteiger partial charge in [0.2, 0.25) is 21.7 Å². The zero-order valence-electron chi connectivity index (χ0n) is 17.4. The van der Waals surface area contributed by atoms with Crippen molar-refractivity contribution in [2.75, 3.05) is 32.8 Å². The first-order valence-electron chi connectivity index (χ1n) is 10.1. The molecule has 0 bridgehead atoms. The maximum Gasteiger partial charge on any atom is 0.249 e. The lowest BCUT2D eigenvalue weighted by atomic mass is 10.2. The van der Waals surface area contributed by atoms with Gasteiger partial charge in [0.25, 0.3) is 0 Å². The van der Waals surface area contributed by atoms with Crippen LogP contribution in [-0.4, -0.2) is 60.5 Å². The minimum atomic E-state index is -4.26. The summed E-state index contributed by atoms with van der Waals surface area (Å²) in [4.78, 5) is 5.43. The van der Waals surface area contributed by atoms with Crippen LogP contribution in [0.1, 0.15) is 12.8 Å². The third-order valence-corrected chi connectivity index (χ3v) is 7.05. The van der Waals surface area contributed by atoms with E-state index in [1.807, 2.05) is 36.1 Å². The van der Waals surface area contributed by atoms with Gasteiger partial charge >= 0.3 is 0 Å². The number of rotatable bonds is 7. The fourth-order valence-electron chi connectivity index (χ4n) is 3.48. The molecule has 0 aliphatic carbocycles. The summed E-state index contributed by atoms with van der Waals surface area (Å²) in [7, 11) is -4.26. The van der Waals surface area contributed by atoms with E-state index in [-0.39, 0.29) is 13.1 Å². The summed E-state index contributed by atoms with van der Waals surface area (Å²) in [6, 6.07) is 10.3. The Labute approximate surface area is 184 Å². The molecule has 0 atom stereocenters. The Morgan fingerprint density at radius 2 is 1.69 bits per heavy atom. The van der Waals surface area contributed by atoms with Crippen LogP contribution in [0.15, 0.2) is 51.9 Å². The number of nitrogens with zero attached hydrogens (tertiary/aromatic N) is 4. The molecule has 4 rings (SSSR count). The van der Waals surface area contributed by atoms with Gasteiger partial charge in [0.1, 0.15) is 17.4 Å². The first kappa shape index (κ1) is 22.3. The largest absolute Gasteiger partial charge is 0.494 e. The number of ether oxygens (including phenoxy) is 1. The van der Waals surface area contributed by atoms with E-state index < -0.39 is 26.6 Å². The number of piperazine rings is 1. The van der Waals surface area contributed by atoms with Crippen molar-refractivity contribution in [1.82, 2.24) is 19.3 Å². The van der Waals surface area contributed by atoms with Gasteiger partial charge in [-0.25, -0.2) is 17.2 Å². The van der Waals surface area contributed by atoms with E-state index in [9.17, 15) is 17.2 Å². The number of benzene rings is 2. The molecule has 1 aliphatic rings. The van der Waals surface area contributed by atoms with Gasteiger partial charge in [0, 0.05) is 31.7 Å². The SMILES string of the molecule is CCOc1ccc(-c2noc(CN3CCN(S(=O)(=O)c4c(F)cccc4F)CC3)n2)cc1. The van der Waals surface area contributed by atoms with Gasteiger partial charge in [-0.1, -0.05) is 11.2 Å². The molecule has 8 nitrogen and oxygen atoms in total. The Bertz CT molecular complexity index is 1160. The minimum Gasteiger partial charge on any atom is -0.494 e. The Kier molecular flexibility index (Phi) is 6.49. The average Bonchev–Trinajstić information content (AvgIpc) is 3.23. The highest BCUT2D eigenvalue weighted by Crippen LogP contribution is 2.24. The first-order chi connectivity index (χ1) is 15.4. The van der Waals surface area contributed by atoms with Crippen LogP contribution >= 0.6 is 0 Å². The monoisotopic (exact) mass is 464 g/mol. The minimum absolute atomic E-state index is 0.0932. The van der Waals surface area contributed by atoms with E-state index in [1.54, 1.807) is 0 Å². The average molecular weight is 464 g/mol. The van der Waals surface area contributed by atoms with Crippen molar-refractivity contribution in [1.29, 1.82) is 0 Å². The highest BCUT2D eigenvalue weighted by atomic mass is 32.2. The van der Waals surface area contributed by atoms with E-state index in [1.165, 1.54) is 0 Å². The molecular weight excluding hydrogens is 442 g/mol. The van der Waals surface area contributed by atoms with Crippen LogP contribution in [0.25, 0.3) is 11.4 Å². The lowest BCUT2D eigenvalue weighted by Crippen LogP contribution is -2.48. The van der Waals surface area contributed by atoms with Crippen LogP contribution in [0, 0.1) is 11.6 Å². The molecule has 1 fully saturated rings. The normalized spacial score (nSPS) is 15.7. The smallest absolute Gasteiger partial charge is 0.249 e. The van der Waals surface area contributed by atoms with E-state index in [0.29, 0.717) is 38.0 Å². The van der Waals surface area contributed by atoms with Crippen molar-refractivity contribution in [3.63, 3.8) is 0 Å². The Balaban J connectivity index is 1.37. The van der Waals surface area contributed by atoms with Gasteiger partial charge in [0.15, 0.2) is 4.90 Å². The molecule has 0 saturated carbocycles. The predicted octanol–water partition coefficient (Wildman–Crippen LogP) is 2.92. The van der Waals surface area contributed by atoms with Crippen molar-refractivity contribution in [3.8, 4) is 17.1 Å². The molecule has 0 spiro atoms. The van der Waals surface area contributed by atoms with Crippen LogP contribution in [0.4, 0.5) is 8.78 Å². The Morgan fingerprint density at radius 1 is 1.03 bits per heavy atom. The molecule has 32 heavy (non-hydrogen) atoms. The summed E-state index contributed by atoms with van der Waals surface area (Å²) in [6.45, 7) is 3.73. The van der Waals surface area contributed by atoms with Gasteiger partial charge in [0.05, 0.1) is 13.2 Å². The highest BCUT2D eigenvalue weighted by Gasteiger charge is 2.33. The highest BCUT2D eigenvalue weighted by molar-refractivity contribution is 7.89. The van der Waals surface area contributed by atoms with Gasteiger partial charge < -0.3 is 9.26 Å². The van der Waals surface area contributed by atoms with Crippen molar-refractivity contribution >= 4 is 10.0 Å². The Hall–Kier alpha value is -2.89. The first-order valence-corrected chi connectivity index (χ1v) is 11.5. The van der Waals surface area contributed by atoms with Crippen LogP contribution in [-0.2, 0) is 16.6 Å². The molecular formula is C21H22F2N4O4S. The van der Waals surface area contributed by atoms with Crippen molar-refractivity contribution in [3.05, 3.63) is 60.0 Å². The number of sulfonamides is 1. The zero-order chi connectivity index (χ0) is 22.7. The molecule has 1 aromatic heterocycles. The fourth-order valence-corrected chi connectivity index (χ4v) is 5.01. The van der Waals surface area contributed by atoms with Gasteiger partial charge in [-0.05, 0) is 43.3 Å². The third-order valence-electron chi connectivity index (χ3n) is 5.10. The number of hydrogen-bond donors (Lipinski definition) is 0. The van der Waals surface area contributed by atoms with Gasteiger partial charge in [-0.15, -0.1) is 0 Å². The molecule has 0 N–H and O–H groups in total. The molecule has 1 saturated heterocycles. The second-order valence-electron chi connectivity index (χ2n) is 7.20. The van der Waals surface area contributed by atoms with E-state index in [4.69, 9.17) is 9.26 Å². The summed E-state index contributed by atoms with van der Waals surface area (Å²) >= 11 is 0. The third kappa shape index (κ3) is 4.64. The molecule has 11 heteroatoms. The van der Waals surface area contributed by atoms with Crippen LogP contribution in [0.3, 0.4) is 0 Å². The van der Waals surface area contributed by atoms with Crippen molar-refractivity contribution in [2.45, 2.75) is 18.4 Å². The number of hydrogen-bond acceptors (Lipinski definition) is 7. The standard InChI is InChI=1S/C21H22F2N4O4S/c1-2-30-16-8-6-15(7-9-16)21-24-19(31-25-21)14-26-10-12-27(13-11-26)32(28,29)20-17(22)4-3-5-18(20)23/h3-9H,2,10-14H2,1H3. The maximum atomic E-state index is 14.0. The lowest BCUT2D eigenvalue weighted by molar-refractivity contribution is 0.163. The van der Waals surface area contributed by atoms with Gasteiger partial charge in [-0.2, -0.15) is 9.29 Å². The summed E-state index contributed by atoms with van der Waals surface area (Å²) in [5, 5.41) is 4.00. The molecule has 0 unspecified atom stereocenters. The van der Waals surface area contributed by atoms with Crippen LogP contribution in [0.2, 0.25) is 0 Å². The number of aromatic nitrogens is 2. The molecule has 0 radical (unpaired) electrons. The van der Waals surface area contributed by atoms with Gasteiger partial charge in [-0.3, -0.25) is 4.90 Å². The molecule has 2 aromatic carbocycles. The Morgan fingerprint density at radius 3 is 2.31 bits per heavy atom. The molecule has 2 heterocycles. The zero-order valence-corrected chi connectivity index (χ0v) is 18.2. The van der Waals surface area contributed by atoms with E-state index >= 15 is 0 Å². The lowest BCUT2D eigenvalue weighted by Gasteiger charge is -2.33. The topological polar surface area (TPSA) is 88.8 Å². The second-order valence-corrected chi connectivity index (χ2v) is 9.07. The van der Waals surface area contributed by atoms with Crippen LogP contribution in [0.5, 0.6) is 5.75 Å². The van der Waals surface area contributed by atoms with E-state index in [0.717, 1.165) is 33.8 Å². The molecule has 170 valence electrons. The summed E-state index contributed by atoms with van der Waals surface area (Å²) in [5.74, 6) is -0.604. The molecule has 3 aromatic rings. The second kappa shape index (κ2) is 9.31. The summed E-state index contributed by atoms with van der Waals surface area (Å²) in [6.07, 6.45) is 0. The van der Waals surface area contributed by atoms with Crippen LogP contribution < -0.4 is 4.74 Å².